The van der Waals surface area contributed by atoms with E-state index in [1.807, 2.05) is 18.3 Å². The molecule has 0 radical (unpaired) electrons. The second-order valence-corrected chi connectivity index (χ2v) is 4.86. The van der Waals surface area contributed by atoms with E-state index in [-0.39, 0.29) is 5.75 Å². The number of nitrogens with one attached hydrogen (secondary N) is 1. The topological polar surface area (TPSA) is 48.9 Å². The highest BCUT2D eigenvalue weighted by atomic mass is 79.9. The molecule has 84 valence electrons. The fourth-order valence-electron chi connectivity index (χ4n) is 1.45. The van der Waals surface area contributed by atoms with Gasteiger partial charge in [0.15, 0.2) is 0 Å². The Kier molecular flexibility index (Phi) is 3.01. The van der Waals surface area contributed by atoms with Crippen LogP contribution in [0.3, 0.4) is 0 Å². The molecule has 0 spiro atoms. The van der Waals surface area contributed by atoms with Gasteiger partial charge in [-0.3, -0.25) is 0 Å². The van der Waals surface area contributed by atoms with Crippen molar-refractivity contribution in [2.75, 3.05) is 0 Å². The first kappa shape index (κ1) is 11.2. The first-order valence-corrected chi connectivity index (χ1v) is 5.91. The highest BCUT2D eigenvalue weighted by molar-refractivity contribution is 9.10. The average molecular weight is 281 g/mol. The number of imidazole rings is 1. The minimum Gasteiger partial charge on any atom is -0.507 e. The lowest BCUT2D eigenvalue weighted by molar-refractivity contribution is 0.472. The Bertz CT molecular complexity index is 505. The smallest absolute Gasteiger partial charge is 0.129 e. The molecule has 0 amide bonds. The van der Waals surface area contributed by atoms with E-state index < -0.39 is 0 Å². The lowest BCUT2D eigenvalue weighted by Crippen LogP contribution is -1.89. The number of phenolic OH excluding ortho intramolecular Hbond substituents is 1. The summed E-state index contributed by atoms with van der Waals surface area (Å²) in [5.41, 5.74) is 1.97. The molecule has 0 saturated heterocycles. The van der Waals surface area contributed by atoms with Crippen LogP contribution in [0.15, 0.2) is 28.9 Å². The molecule has 0 atom stereocenters. The molecule has 4 heteroatoms. The number of rotatable bonds is 2. The summed E-state index contributed by atoms with van der Waals surface area (Å²) in [6.07, 6.45) is 1.81. The number of H-pyrrole nitrogens is 1. The number of aromatic hydroxyl groups is 1. The van der Waals surface area contributed by atoms with Crippen LogP contribution in [0.4, 0.5) is 0 Å². The highest BCUT2D eigenvalue weighted by Gasteiger charge is 2.07. The van der Waals surface area contributed by atoms with Crippen molar-refractivity contribution < 1.29 is 5.11 Å². The monoisotopic (exact) mass is 280 g/mol. The van der Waals surface area contributed by atoms with Gasteiger partial charge in [-0.25, -0.2) is 4.98 Å². The molecule has 0 saturated carbocycles. The van der Waals surface area contributed by atoms with Crippen molar-refractivity contribution in [2.24, 2.45) is 0 Å². The Labute approximate surface area is 103 Å². The highest BCUT2D eigenvalue weighted by Crippen LogP contribution is 2.29. The number of benzene rings is 1. The van der Waals surface area contributed by atoms with Gasteiger partial charge in [0.1, 0.15) is 11.6 Å². The van der Waals surface area contributed by atoms with Crippen molar-refractivity contribution in [3.63, 3.8) is 0 Å². The number of aromatic nitrogens is 2. The van der Waals surface area contributed by atoms with Gasteiger partial charge in [-0.05, 0) is 34.1 Å². The van der Waals surface area contributed by atoms with E-state index in [0.717, 1.165) is 17.1 Å². The fraction of sp³-hybridized carbons (Fsp3) is 0.250. The largest absolute Gasteiger partial charge is 0.507 e. The van der Waals surface area contributed by atoms with Gasteiger partial charge < -0.3 is 10.1 Å². The van der Waals surface area contributed by atoms with Gasteiger partial charge in [-0.1, -0.05) is 13.8 Å². The molecule has 3 nitrogen and oxygen atoms in total. The summed E-state index contributed by atoms with van der Waals surface area (Å²) < 4.78 is 0.686. The summed E-state index contributed by atoms with van der Waals surface area (Å²) in [5, 5.41) is 9.41. The van der Waals surface area contributed by atoms with Gasteiger partial charge in [-0.15, -0.1) is 0 Å². The quantitative estimate of drug-likeness (QED) is 0.882. The molecule has 1 aromatic carbocycles. The van der Waals surface area contributed by atoms with E-state index in [1.165, 1.54) is 0 Å². The zero-order chi connectivity index (χ0) is 11.7. The molecule has 1 aromatic heterocycles. The third-order valence-electron chi connectivity index (χ3n) is 2.40. The summed E-state index contributed by atoms with van der Waals surface area (Å²) in [6, 6.07) is 5.39. The van der Waals surface area contributed by atoms with Gasteiger partial charge >= 0.3 is 0 Å². The minimum absolute atomic E-state index is 0.243. The molecule has 1 heterocycles. The third-order valence-corrected chi connectivity index (χ3v) is 3.04. The average Bonchev–Trinajstić information content (AvgIpc) is 2.71. The van der Waals surface area contributed by atoms with Crippen LogP contribution in [0, 0.1) is 0 Å². The van der Waals surface area contributed by atoms with E-state index in [0.29, 0.717) is 10.4 Å². The number of nitrogens with zero attached hydrogens (tertiary/aromatic N) is 1. The van der Waals surface area contributed by atoms with E-state index in [2.05, 4.69) is 39.7 Å². The van der Waals surface area contributed by atoms with Crippen LogP contribution in [0.2, 0.25) is 0 Å². The van der Waals surface area contributed by atoms with E-state index in [1.54, 1.807) is 6.07 Å². The van der Waals surface area contributed by atoms with Crippen molar-refractivity contribution >= 4 is 15.9 Å². The van der Waals surface area contributed by atoms with Gasteiger partial charge in [0.2, 0.25) is 0 Å². The number of hydrogen-bond donors (Lipinski definition) is 2. The molecule has 0 bridgehead atoms. The molecule has 2 N–H and O–H groups in total. The Balaban J connectivity index is 2.39. The summed E-state index contributed by atoms with van der Waals surface area (Å²) in [7, 11) is 0. The van der Waals surface area contributed by atoms with Gasteiger partial charge in [0.05, 0.1) is 16.4 Å². The van der Waals surface area contributed by atoms with Crippen LogP contribution in [0.25, 0.3) is 11.3 Å². The van der Waals surface area contributed by atoms with Crippen molar-refractivity contribution in [2.45, 2.75) is 19.8 Å². The lowest BCUT2D eigenvalue weighted by Gasteiger charge is -2.01. The maximum absolute atomic E-state index is 9.41. The SMILES string of the molecule is CC(C)c1ncc(-c2ccc(O)c(Br)c2)[nH]1. The lowest BCUT2D eigenvalue weighted by atomic mass is 10.1. The van der Waals surface area contributed by atoms with Gasteiger partial charge in [-0.2, -0.15) is 0 Å². The van der Waals surface area contributed by atoms with E-state index in [9.17, 15) is 5.11 Å². The van der Waals surface area contributed by atoms with Crippen LogP contribution in [-0.2, 0) is 0 Å². The fourth-order valence-corrected chi connectivity index (χ4v) is 1.83. The Morgan fingerprint density at radius 2 is 2.12 bits per heavy atom. The van der Waals surface area contributed by atoms with Crippen molar-refractivity contribution in [3.05, 3.63) is 34.7 Å². The number of halogens is 1. The van der Waals surface area contributed by atoms with Crippen molar-refractivity contribution in [3.8, 4) is 17.0 Å². The summed E-state index contributed by atoms with van der Waals surface area (Å²) >= 11 is 3.29. The Morgan fingerprint density at radius 1 is 1.38 bits per heavy atom. The predicted molar refractivity (Wildman–Crippen MR) is 67.5 cm³/mol. The molecular weight excluding hydrogens is 268 g/mol. The zero-order valence-corrected chi connectivity index (χ0v) is 10.7. The molecule has 16 heavy (non-hydrogen) atoms. The van der Waals surface area contributed by atoms with Crippen molar-refractivity contribution in [1.29, 1.82) is 0 Å². The standard InChI is InChI=1S/C12H13BrN2O/c1-7(2)12-14-6-10(15-12)8-3-4-11(16)9(13)5-8/h3-7,16H,1-2H3,(H,14,15). The number of hydrogen-bond acceptors (Lipinski definition) is 2. The number of phenols is 1. The molecule has 0 aliphatic rings. The molecular formula is C12H13BrN2O. The normalized spacial score (nSPS) is 11.0. The minimum atomic E-state index is 0.243. The van der Waals surface area contributed by atoms with Crippen LogP contribution < -0.4 is 0 Å². The van der Waals surface area contributed by atoms with Crippen LogP contribution in [0.5, 0.6) is 5.75 Å². The molecule has 0 aliphatic heterocycles. The predicted octanol–water partition coefficient (Wildman–Crippen LogP) is 3.67. The molecule has 0 aliphatic carbocycles. The second-order valence-electron chi connectivity index (χ2n) is 4.00. The Morgan fingerprint density at radius 3 is 2.69 bits per heavy atom. The summed E-state index contributed by atoms with van der Waals surface area (Å²) in [4.78, 5) is 7.57. The van der Waals surface area contributed by atoms with E-state index >= 15 is 0 Å². The molecule has 2 aromatic rings. The second kappa shape index (κ2) is 4.29. The summed E-state index contributed by atoms with van der Waals surface area (Å²) in [5.74, 6) is 1.60. The van der Waals surface area contributed by atoms with Crippen LogP contribution in [-0.4, -0.2) is 15.1 Å². The van der Waals surface area contributed by atoms with Gasteiger partial charge in [0, 0.05) is 11.5 Å². The van der Waals surface area contributed by atoms with Crippen molar-refractivity contribution in [1.82, 2.24) is 9.97 Å². The number of aromatic amines is 1. The first-order valence-electron chi connectivity index (χ1n) is 5.11. The van der Waals surface area contributed by atoms with Crippen LogP contribution in [0.1, 0.15) is 25.6 Å². The third kappa shape index (κ3) is 2.11. The molecule has 0 unspecified atom stereocenters. The summed E-state index contributed by atoms with van der Waals surface area (Å²) in [6.45, 7) is 4.19. The maximum atomic E-state index is 9.41. The van der Waals surface area contributed by atoms with E-state index in [4.69, 9.17) is 0 Å². The maximum Gasteiger partial charge on any atom is 0.129 e. The van der Waals surface area contributed by atoms with Crippen LogP contribution >= 0.6 is 15.9 Å². The Hall–Kier alpha value is -1.29. The molecule has 2 rings (SSSR count). The molecule has 0 fully saturated rings. The van der Waals surface area contributed by atoms with Gasteiger partial charge in [0.25, 0.3) is 0 Å². The first-order chi connectivity index (χ1) is 7.58. The zero-order valence-electron chi connectivity index (χ0n) is 9.16.